The minimum atomic E-state index is 1.18. The monoisotopic (exact) mass is 512 g/mol. The third kappa shape index (κ3) is 4.15. The molecule has 0 fully saturated rings. The van der Waals surface area contributed by atoms with Crippen molar-refractivity contribution >= 4 is 63.0 Å². The van der Waals surface area contributed by atoms with Crippen molar-refractivity contribution in [2.45, 2.75) is 32.6 Å². The van der Waals surface area contributed by atoms with Gasteiger partial charge >= 0.3 is 0 Å². The largest absolute Gasteiger partial charge is 0.134 e. The summed E-state index contributed by atoms with van der Waals surface area (Å²) in [6, 6.07) is 38.5. The fraction of sp³-hybridized carbons (Fsp3) is 0.143. The summed E-state index contributed by atoms with van der Waals surface area (Å²) in [4.78, 5) is 0. The smallest absolute Gasteiger partial charge is 0.0542 e. The van der Waals surface area contributed by atoms with Crippen LogP contribution in [-0.4, -0.2) is 0 Å². The normalized spacial score (nSPS) is 11.8. The summed E-state index contributed by atoms with van der Waals surface area (Å²) in [5, 5.41) is 5.40. The van der Waals surface area contributed by atoms with Gasteiger partial charge in [-0.3, -0.25) is 0 Å². The fourth-order valence-corrected chi connectivity index (χ4v) is 8.08. The van der Waals surface area contributed by atoms with Gasteiger partial charge in [0.15, 0.2) is 0 Å². The van der Waals surface area contributed by atoms with Crippen LogP contribution in [0.5, 0.6) is 0 Å². The number of thiophene rings is 2. The van der Waals surface area contributed by atoms with Gasteiger partial charge in [0.25, 0.3) is 0 Å². The summed E-state index contributed by atoms with van der Waals surface area (Å²) < 4.78 is 5.60. The van der Waals surface area contributed by atoms with E-state index in [4.69, 9.17) is 0 Å². The first-order valence-corrected chi connectivity index (χ1v) is 14.9. The molecular formula is C35H28S2. The van der Waals surface area contributed by atoms with Gasteiger partial charge in [-0.05, 0) is 81.8 Å². The summed E-state index contributed by atoms with van der Waals surface area (Å²) in [6.07, 6.45) is 5.05. The summed E-state index contributed by atoms with van der Waals surface area (Å²) in [5.41, 5.74) is 6.60. The highest BCUT2D eigenvalue weighted by molar-refractivity contribution is 7.36. The zero-order valence-electron chi connectivity index (χ0n) is 21.0. The van der Waals surface area contributed by atoms with E-state index in [1.165, 1.54) is 93.8 Å². The van der Waals surface area contributed by atoms with Gasteiger partial charge in [-0.25, -0.2) is 0 Å². The van der Waals surface area contributed by atoms with Crippen molar-refractivity contribution < 1.29 is 0 Å². The highest BCUT2D eigenvalue weighted by Gasteiger charge is 2.14. The molecule has 180 valence electrons. The first kappa shape index (κ1) is 22.7. The standard InChI is InChI=1S/C35H28S2/c1-2-3-5-8-23-11-13-25(14-12-23)27-17-18-32-30(20-27)34-35(36-32)31-21-29-19-26(24-9-6-4-7-10-24)15-16-28(29)22-33(31)37-34/h4,6-7,9-22H,2-3,5,8H2,1H3. The number of hydrogen-bond acceptors (Lipinski definition) is 2. The number of hydrogen-bond donors (Lipinski definition) is 0. The highest BCUT2D eigenvalue weighted by atomic mass is 32.1. The van der Waals surface area contributed by atoms with E-state index in [1.54, 1.807) is 0 Å². The summed E-state index contributed by atoms with van der Waals surface area (Å²) in [7, 11) is 0. The Morgan fingerprint density at radius 2 is 1.19 bits per heavy atom. The molecule has 0 saturated heterocycles. The van der Waals surface area contributed by atoms with Gasteiger partial charge in [0, 0.05) is 20.2 Å². The highest BCUT2D eigenvalue weighted by Crippen LogP contribution is 2.46. The lowest BCUT2D eigenvalue weighted by Gasteiger charge is -2.05. The van der Waals surface area contributed by atoms with E-state index < -0.39 is 0 Å². The van der Waals surface area contributed by atoms with Crippen LogP contribution in [0, 0.1) is 0 Å². The predicted molar refractivity (Wildman–Crippen MR) is 166 cm³/mol. The predicted octanol–water partition coefficient (Wildman–Crippen LogP) is 11.5. The van der Waals surface area contributed by atoms with Gasteiger partial charge in [0.2, 0.25) is 0 Å². The molecule has 0 saturated carbocycles. The molecule has 0 nitrogen and oxygen atoms in total. The van der Waals surface area contributed by atoms with E-state index in [-0.39, 0.29) is 0 Å². The Bertz CT molecular complexity index is 1870. The summed E-state index contributed by atoms with van der Waals surface area (Å²) in [6.45, 7) is 2.27. The molecule has 0 N–H and O–H groups in total. The zero-order chi connectivity index (χ0) is 24.8. The van der Waals surface area contributed by atoms with Crippen molar-refractivity contribution in [2.75, 3.05) is 0 Å². The zero-order valence-corrected chi connectivity index (χ0v) is 22.6. The van der Waals surface area contributed by atoms with Crippen molar-refractivity contribution in [1.82, 2.24) is 0 Å². The maximum Gasteiger partial charge on any atom is 0.0542 e. The second kappa shape index (κ2) is 9.45. The van der Waals surface area contributed by atoms with Crippen molar-refractivity contribution in [2.24, 2.45) is 0 Å². The lowest BCUT2D eigenvalue weighted by atomic mass is 10.00. The summed E-state index contributed by atoms with van der Waals surface area (Å²) in [5.74, 6) is 0. The van der Waals surface area contributed by atoms with E-state index in [0.717, 1.165) is 0 Å². The molecule has 0 amide bonds. The fourth-order valence-electron chi connectivity index (χ4n) is 5.44. The van der Waals surface area contributed by atoms with Crippen LogP contribution in [-0.2, 0) is 6.42 Å². The quantitative estimate of drug-likeness (QED) is 0.194. The molecule has 0 unspecified atom stereocenters. The maximum absolute atomic E-state index is 2.41. The van der Waals surface area contributed by atoms with Gasteiger partial charge in [-0.15, -0.1) is 22.7 Å². The molecular weight excluding hydrogens is 485 g/mol. The molecule has 0 aliphatic heterocycles. The Balaban J connectivity index is 1.30. The molecule has 37 heavy (non-hydrogen) atoms. The van der Waals surface area contributed by atoms with Gasteiger partial charge in [0.05, 0.1) is 9.40 Å². The van der Waals surface area contributed by atoms with Crippen LogP contribution in [0.4, 0.5) is 0 Å². The van der Waals surface area contributed by atoms with Crippen LogP contribution in [0.2, 0.25) is 0 Å². The van der Waals surface area contributed by atoms with Gasteiger partial charge in [-0.1, -0.05) is 92.6 Å². The van der Waals surface area contributed by atoms with Crippen LogP contribution in [0.15, 0.2) is 103 Å². The third-order valence-electron chi connectivity index (χ3n) is 7.50. The first-order chi connectivity index (χ1) is 18.3. The Labute approximate surface area is 225 Å². The Hall–Kier alpha value is -3.46. The first-order valence-electron chi connectivity index (χ1n) is 13.2. The molecule has 0 bridgehead atoms. The average molecular weight is 513 g/mol. The molecule has 5 aromatic carbocycles. The minimum Gasteiger partial charge on any atom is -0.134 e. The Morgan fingerprint density at radius 3 is 2.00 bits per heavy atom. The second-order valence-corrected chi connectivity index (χ2v) is 12.1. The SMILES string of the molecule is CCCCCc1ccc(-c2ccc3sc4c5cc6cc(-c7ccccc7)ccc6cc5sc4c3c2)cc1. The van der Waals surface area contributed by atoms with E-state index in [1.807, 2.05) is 22.7 Å². The number of unbranched alkanes of at least 4 members (excludes halogenated alkanes) is 2. The van der Waals surface area contributed by atoms with Gasteiger partial charge in [-0.2, -0.15) is 0 Å². The van der Waals surface area contributed by atoms with Crippen LogP contribution in [0.1, 0.15) is 31.7 Å². The molecule has 0 spiro atoms. The van der Waals surface area contributed by atoms with Gasteiger partial charge in [0.1, 0.15) is 0 Å². The molecule has 2 aromatic heterocycles. The molecule has 0 aliphatic carbocycles. The van der Waals surface area contributed by atoms with E-state index >= 15 is 0 Å². The van der Waals surface area contributed by atoms with Crippen molar-refractivity contribution in [3.05, 3.63) is 109 Å². The lowest BCUT2D eigenvalue weighted by molar-refractivity contribution is 0.717. The maximum atomic E-state index is 2.41. The van der Waals surface area contributed by atoms with Crippen molar-refractivity contribution in [3.8, 4) is 22.3 Å². The minimum absolute atomic E-state index is 1.18. The van der Waals surface area contributed by atoms with E-state index in [9.17, 15) is 0 Å². The average Bonchev–Trinajstić information content (AvgIpc) is 3.48. The summed E-state index contributed by atoms with van der Waals surface area (Å²) >= 11 is 3.88. The molecule has 7 aromatic rings. The molecule has 2 heteroatoms. The van der Waals surface area contributed by atoms with Crippen LogP contribution >= 0.6 is 22.7 Å². The Morgan fingerprint density at radius 1 is 0.514 bits per heavy atom. The number of rotatable bonds is 6. The van der Waals surface area contributed by atoms with Gasteiger partial charge < -0.3 is 0 Å². The van der Waals surface area contributed by atoms with E-state index in [2.05, 4.69) is 110 Å². The molecule has 7 rings (SSSR count). The third-order valence-corrected chi connectivity index (χ3v) is 10.0. The van der Waals surface area contributed by atoms with E-state index in [0.29, 0.717) is 0 Å². The topological polar surface area (TPSA) is 0 Å². The number of fused-ring (bicyclic) bond motifs is 6. The second-order valence-electron chi connectivity index (χ2n) is 10.0. The lowest BCUT2D eigenvalue weighted by Crippen LogP contribution is -1.85. The number of aryl methyl sites for hydroxylation is 1. The Kier molecular flexibility index (Phi) is 5.80. The number of benzene rings is 5. The van der Waals surface area contributed by atoms with Crippen molar-refractivity contribution in [3.63, 3.8) is 0 Å². The van der Waals surface area contributed by atoms with Crippen LogP contribution in [0.25, 0.3) is 62.6 Å². The van der Waals surface area contributed by atoms with Crippen LogP contribution < -0.4 is 0 Å². The van der Waals surface area contributed by atoms with Crippen LogP contribution in [0.3, 0.4) is 0 Å². The molecule has 0 aliphatic rings. The molecule has 2 heterocycles. The molecule has 0 radical (unpaired) electrons. The van der Waals surface area contributed by atoms with Crippen molar-refractivity contribution in [1.29, 1.82) is 0 Å². The molecule has 0 atom stereocenters.